The molecule has 1 atom stereocenters. The van der Waals surface area contributed by atoms with Gasteiger partial charge in [-0.3, -0.25) is 4.79 Å². The number of hydrogen-bond acceptors (Lipinski definition) is 3. The Morgan fingerprint density at radius 2 is 1.76 bits per heavy atom. The highest BCUT2D eigenvalue weighted by atomic mass is 79.9. The van der Waals surface area contributed by atoms with Gasteiger partial charge in [-0.2, -0.15) is 0 Å². The molecular formula is C16H22BrClO3. The highest BCUT2D eigenvalue weighted by molar-refractivity contribution is 9.10. The number of carbonyl (C=O) groups is 1. The second-order valence-corrected chi connectivity index (χ2v) is 6.72. The zero-order valence-corrected chi connectivity index (χ0v) is 14.6. The third-order valence-electron chi connectivity index (χ3n) is 3.43. The molecule has 0 radical (unpaired) electrons. The fraction of sp³-hybridized carbons (Fsp3) is 0.562. The number of unbranched alkanes of at least 4 members (excludes halogenated alkanes) is 5. The first-order valence-electron chi connectivity index (χ1n) is 7.37. The lowest BCUT2D eigenvalue weighted by molar-refractivity contribution is 0.0985. The number of halogens is 2. The summed E-state index contributed by atoms with van der Waals surface area (Å²) in [4.78, 5) is 11.9. The minimum Gasteiger partial charge on any atom is -0.507 e. The van der Waals surface area contributed by atoms with Gasteiger partial charge in [0.05, 0.1) is 15.4 Å². The normalized spacial score (nSPS) is 12.3. The number of phenolic OH excluding ortho intramolecular Hbond substituents is 2. The van der Waals surface area contributed by atoms with E-state index >= 15 is 0 Å². The molecule has 0 aliphatic carbocycles. The molecular weight excluding hydrogens is 356 g/mol. The Hall–Kier alpha value is -0.740. The zero-order chi connectivity index (χ0) is 15.8. The predicted molar refractivity (Wildman–Crippen MR) is 89.8 cm³/mol. The van der Waals surface area contributed by atoms with Crippen LogP contribution < -0.4 is 0 Å². The van der Waals surface area contributed by atoms with Crippen molar-refractivity contribution >= 4 is 33.3 Å². The van der Waals surface area contributed by atoms with E-state index in [4.69, 9.17) is 11.6 Å². The Labute approximate surface area is 139 Å². The van der Waals surface area contributed by atoms with Gasteiger partial charge in [-0.1, -0.05) is 73.0 Å². The van der Waals surface area contributed by atoms with Crippen LogP contribution >= 0.6 is 27.5 Å². The Morgan fingerprint density at radius 3 is 2.43 bits per heavy atom. The SMILES string of the molecule is CCCCCCCCC(Br)C(=O)c1cc(O)c(Cl)cc1O. The smallest absolute Gasteiger partial charge is 0.180 e. The molecule has 1 aromatic carbocycles. The van der Waals surface area contributed by atoms with Gasteiger partial charge in [0.25, 0.3) is 0 Å². The van der Waals surface area contributed by atoms with Gasteiger partial charge < -0.3 is 10.2 Å². The molecule has 0 bridgehead atoms. The second-order valence-electron chi connectivity index (χ2n) is 5.21. The first kappa shape index (κ1) is 18.3. The summed E-state index contributed by atoms with van der Waals surface area (Å²) in [6.45, 7) is 2.18. The third kappa shape index (κ3) is 5.87. The minimum atomic E-state index is -0.352. The third-order valence-corrected chi connectivity index (χ3v) is 4.60. The largest absolute Gasteiger partial charge is 0.507 e. The van der Waals surface area contributed by atoms with E-state index in [1.54, 1.807) is 0 Å². The summed E-state index contributed by atoms with van der Waals surface area (Å²) in [5.74, 6) is -0.625. The van der Waals surface area contributed by atoms with Crippen LogP contribution in [0.3, 0.4) is 0 Å². The number of alkyl halides is 1. The molecule has 0 aliphatic heterocycles. The average molecular weight is 378 g/mol. The number of aromatic hydroxyl groups is 2. The van der Waals surface area contributed by atoms with Gasteiger partial charge in [0, 0.05) is 6.07 Å². The number of rotatable bonds is 9. The van der Waals surface area contributed by atoms with Crippen LogP contribution in [0.2, 0.25) is 5.02 Å². The second kappa shape index (κ2) is 9.31. The van der Waals surface area contributed by atoms with Crippen LogP contribution in [0.1, 0.15) is 62.2 Å². The van der Waals surface area contributed by atoms with Crippen molar-refractivity contribution < 1.29 is 15.0 Å². The summed E-state index contributed by atoms with van der Waals surface area (Å²) in [5, 5.41) is 19.3. The van der Waals surface area contributed by atoms with Crippen molar-refractivity contribution in [3.05, 3.63) is 22.7 Å². The summed E-state index contributed by atoms with van der Waals surface area (Å²) < 4.78 is 0. The molecule has 0 fully saturated rings. The number of hydrogen-bond donors (Lipinski definition) is 2. The fourth-order valence-corrected chi connectivity index (χ4v) is 2.88. The Balaban J connectivity index is 2.49. The molecule has 0 heterocycles. The maximum absolute atomic E-state index is 12.2. The van der Waals surface area contributed by atoms with Crippen LogP contribution in [0.5, 0.6) is 11.5 Å². The molecule has 1 unspecified atom stereocenters. The van der Waals surface area contributed by atoms with Crippen molar-refractivity contribution in [2.45, 2.75) is 56.7 Å². The molecule has 21 heavy (non-hydrogen) atoms. The highest BCUT2D eigenvalue weighted by Crippen LogP contribution is 2.32. The zero-order valence-electron chi connectivity index (χ0n) is 12.2. The number of carbonyl (C=O) groups excluding carboxylic acids is 1. The van der Waals surface area contributed by atoms with E-state index in [9.17, 15) is 15.0 Å². The predicted octanol–water partition coefficient (Wildman–Crippen LogP) is 5.45. The molecule has 3 nitrogen and oxygen atoms in total. The molecule has 5 heteroatoms. The van der Waals surface area contributed by atoms with Crippen molar-refractivity contribution in [3.63, 3.8) is 0 Å². The number of phenols is 2. The van der Waals surface area contributed by atoms with Crippen LogP contribution in [0.15, 0.2) is 12.1 Å². The molecule has 0 saturated heterocycles. The van der Waals surface area contributed by atoms with Crippen molar-refractivity contribution in [3.8, 4) is 11.5 Å². The van der Waals surface area contributed by atoms with Crippen LogP contribution in [0, 0.1) is 0 Å². The Morgan fingerprint density at radius 1 is 1.14 bits per heavy atom. The monoisotopic (exact) mass is 376 g/mol. The van der Waals surface area contributed by atoms with E-state index in [2.05, 4.69) is 22.9 Å². The average Bonchev–Trinajstić information content (AvgIpc) is 2.45. The van der Waals surface area contributed by atoms with E-state index in [0.717, 1.165) is 12.8 Å². The van der Waals surface area contributed by atoms with Crippen molar-refractivity contribution in [1.29, 1.82) is 0 Å². The van der Waals surface area contributed by atoms with Crippen molar-refractivity contribution in [2.75, 3.05) is 0 Å². The molecule has 1 aromatic rings. The molecule has 0 spiro atoms. The van der Waals surface area contributed by atoms with Crippen LogP contribution in [0.25, 0.3) is 0 Å². The van der Waals surface area contributed by atoms with Crippen molar-refractivity contribution in [1.82, 2.24) is 0 Å². The maximum atomic E-state index is 12.2. The number of ketones is 1. The molecule has 118 valence electrons. The standard InChI is InChI=1S/C16H22BrClO3/c1-2-3-4-5-6-7-8-12(17)16(21)11-9-15(20)13(18)10-14(11)19/h9-10,12,19-20H,2-8H2,1H3. The van der Waals surface area contributed by atoms with E-state index in [0.29, 0.717) is 6.42 Å². The van der Waals surface area contributed by atoms with E-state index in [1.807, 2.05) is 0 Å². The molecule has 1 rings (SSSR count). The molecule has 0 aromatic heterocycles. The number of benzene rings is 1. The van der Waals surface area contributed by atoms with E-state index in [-0.39, 0.29) is 32.7 Å². The van der Waals surface area contributed by atoms with Crippen LogP contribution in [-0.4, -0.2) is 20.8 Å². The van der Waals surface area contributed by atoms with Gasteiger partial charge in [-0.05, 0) is 12.5 Å². The van der Waals surface area contributed by atoms with Crippen LogP contribution in [-0.2, 0) is 0 Å². The van der Waals surface area contributed by atoms with Gasteiger partial charge >= 0.3 is 0 Å². The van der Waals surface area contributed by atoms with Crippen molar-refractivity contribution in [2.24, 2.45) is 0 Å². The van der Waals surface area contributed by atoms with Crippen LogP contribution in [0.4, 0.5) is 0 Å². The summed E-state index contributed by atoms with van der Waals surface area (Å²) in [6.07, 6.45) is 7.69. The summed E-state index contributed by atoms with van der Waals surface area (Å²) in [5.41, 5.74) is 0.102. The lowest BCUT2D eigenvalue weighted by Gasteiger charge is -2.11. The topological polar surface area (TPSA) is 57.5 Å². The Kier molecular flexibility index (Phi) is 8.12. The first-order chi connectivity index (χ1) is 9.97. The lowest BCUT2D eigenvalue weighted by Crippen LogP contribution is -2.14. The fourth-order valence-electron chi connectivity index (χ4n) is 2.15. The van der Waals surface area contributed by atoms with E-state index in [1.165, 1.54) is 37.8 Å². The first-order valence-corrected chi connectivity index (χ1v) is 8.66. The molecule has 2 N–H and O–H groups in total. The molecule has 0 aliphatic rings. The Bertz CT molecular complexity index is 477. The molecule has 0 saturated carbocycles. The van der Waals surface area contributed by atoms with Gasteiger partial charge in [0.2, 0.25) is 0 Å². The summed E-state index contributed by atoms with van der Waals surface area (Å²) in [7, 11) is 0. The molecule has 0 amide bonds. The minimum absolute atomic E-state index is 0.0334. The quantitative estimate of drug-likeness (QED) is 0.260. The van der Waals surface area contributed by atoms with Gasteiger partial charge in [-0.15, -0.1) is 0 Å². The van der Waals surface area contributed by atoms with Gasteiger partial charge in [-0.25, -0.2) is 0 Å². The maximum Gasteiger partial charge on any atom is 0.180 e. The van der Waals surface area contributed by atoms with Gasteiger partial charge in [0.15, 0.2) is 5.78 Å². The van der Waals surface area contributed by atoms with E-state index < -0.39 is 0 Å². The summed E-state index contributed by atoms with van der Waals surface area (Å²) in [6, 6.07) is 2.41. The number of Topliss-reactive ketones (excluding diaryl/α,β-unsaturated/α-hetero) is 1. The summed E-state index contributed by atoms with van der Waals surface area (Å²) >= 11 is 9.05. The van der Waals surface area contributed by atoms with Gasteiger partial charge in [0.1, 0.15) is 11.5 Å². The highest BCUT2D eigenvalue weighted by Gasteiger charge is 2.21. The lowest BCUT2D eigenvalue weighted by atomic mass is 10.0.